The number of fused-ring (bicyclic) bond motifs is 1. The summed E-state index contributed by atoms with van der Waals surface area (Å²) in [4.78, 5) is 22.5. The number of hydrogen-bond acceptors (Lipinski definition) is 6. The topological polar surface area (TPSA) is 78.7 Å². The van der Waals surface area contributed by atoms with Gasteiger partial charge in [0.25, 0.3) is 5.56 Å². The molecule has 0 bridgehead atoms. The maximum Gasteiger partial charge on any atom is 0.266 e. The lowest BCUT2D eigenvalue weighted by Crippen LogP contribution is -2.21. The molecule has 0 saturated carbocycles. The number of aromatic nitrogens is 5. The predicted molar refractivity (Wildman–Crippen MR) is 94.1 cm³/mol. The van der Waals surface area contributed by atoms with Crippen molar-refractivity contribution < 1.29 is 4.42 Å². The van der Waals surface area contributed by atoms with Crippen LogP contribution in [0.3, 0.4) is 0 Å². The fourth-order valence-electron chi connectivity index (χ4n) is 2.49. The van der Waals surface area contributed by atoms with E-state index in [-0.39, 0.29) is 5.56 Å². The third-order valence-corrected chi connectivity index (χ3v) is 5.13. The summed E-state index contributed by atoms with van der Waals surface area (Å²) in [6.07, 6.45) is 1.51. The normalized spacial score (nSPS) is 11.5. The highest BCUT2D eigenvalue weighted by atomic mass is 79.9. The molecule has 0 atom stereocenters. The molecule has 4 aromatic heterocycles. The second kappa shape index (κ2) is 5.67. The molecule has 0 unspecified atom stereocenters. The minimum Gasteiger partial charge on any atom is -0.440 e. The smallest absolute Gasteiger partial charge is 0.266 e. The van der Waals surface area contributed by atoms with E-state index in [0.29, 0.717) is 39.5 Å². The van der Waals surface area contributed by atoms with Crippen LogP contribution >= 0.6 is 27.3 Å². The third-order valence-electron chi connectivity index (χ3n) is 3.71. The van der Waals surface area contributed by atoms with Crippen LogP contribution in [0, 0.1) is 6.92 Å². The van der Waals surface area contributed by atoms with Crippen LogP contribution in [0.25, 0.3) is 21.8 Å². The van der Waals surface area contributed by atoms with Gasteiger partial charge in [-0.1, -0.05) is 6.07 Å². The molecule has 0 aliphatic carbocycles. The maximum atomic E-state index is 12.7. The molecule has 0 aliphatic rings. The Bertz CT molecular complexity index is 1090. The fraction of sp³-hybridized carbons (Fsp3) is 0.200. The molecule has 0 aliphatic heterocycles. The summed E-state index contributed by atoms with van der Waals surface area (Å²) < 4.78 is 9.30. The highest BCUT2D eigenvalue weighted by Gasteiger charge is 2.17. The number of hydrogen-bond donors (Lipinski definition) is 0. The molecule has 122 valence electrons. The quantitative estimate of drug-likeness (QED) is 0.523. The van der Waals surface area contributed by atoms with E-state index in [2.05, 4.69) is 31.0 Å². The first-order valence-corrected chi connectivity index (χ1v) is 8.79. The van der Waals surface area contributed by atoms with Gasteiger partial charge < -0.3 is 4.42 Å². The summed E-state index contributed by atoms with van der Waals surface area (Å²) in [5.74, 6) is 1.26. The molecular formula is C15H12BrN5O2S. The van der Waals surface area contributed by atoms with Crippen molar-refractivity contribution in [3.8, 4) is 10.8 Å². The van der Waals surface area contributed by atoms with Crippen molar-refractivity contribution in [2.24, 2.45) is 7.05 Å². The molecule has 0 amide bonds. The van der Waals surface area contributed by atoms with Crippen molar-refractivity contribution >= 4 is 38.3 Å². The van der Waals surface area contributed by atoms with E-state index >= 15 is 0 Å². The van der Waals surface area contributed by atoms with Gasteiger partial charge in [0.05, 0.1) is 11.4 Å². The minimum absolute atomic E-state index is 0.167. The lowest BCUT2D eigenvalue weighted by atomic mass is 10.3. The van der Waals surface area contributed by atoms with Crippen molar-refractivity contribution in [1.29, 1.82) is 0 Å². The molecule has 9 heteroatoms. The van der Waals surface area contributed by atoms with Crippen molar-refractivity contribution in [2.75, 3.05) is 0 Å². The highest BCUT2D eigenvalue weighted by Crippen LogP contribution is 2.26. The Hall–Kier alpha value is -2.26. The fourth-order valence-corrected chi connectivity index (χ4v) is 3.72. The summed E-state index contributed by atoms with van der Waals surface area (Å²) in [5.41, 5.74) is 1.08. The van der Waals surface area contributed by atoms with Gasteiger partial charge >= 0.3 is 0 Å². The minimum atomic E-state index is -0.167. The second-order valence-electron chi connectivity index (χ2n) is 5.29. The van der Waals surface area contributed by atoms with Gasteiger partial charge in [-0.2, -0.15) is 5.10 Å². The number of aryl methyl sites for hydroxylation is 2. The number of thiophene rings is 1. The molecule has 0 aromatic carbocycles. The molecule has 0 spiro atoms. The summed E-state index contributed by atoms with van der Waals surface area (Å²) in [5, 5.41) is 6.61. The molecule has 7 nitrogen and oxygen atoms in total. The molecule has 0 saturated heterocycles. The van der Waals surface area contributed by atoms with Gasteiger partial charge in [0.1, 0.15) is 27.8 Å². The Balaban J connectivity index is 1.76. The number of halogens is 1. The Morgan fingerprint density at radius 3 is 3.00 bits per heavy atom. The average molecular weight is 406 g/mol. The first-order chi connectivity index (χ1) is 11.5. The average Bonchev–Trinajstić information content (AvgIpc) is 3.24. The van der Waals surface area contributed by atoms with Gasteiger partial charge in [-0.15, -0.1) is 11.3 Å². The Kier molecular flexibility index (Phi) is 3.61. The van der Waals surface area contributed by atoms with Gasteiger partial charge in [-0.3, -0.25) is 9.36 Å². The summed E-state index contributed by atoms with van der Waals surface area (Å²) in [6, 6.07) is 3.90. The Morgan fingerprint density at radius 2 is 2.25 bits per heavy atom. The van der Waals surface area contributed by atoms with Crippen LogP contribution in [0.5, 0.6) is 0 Å². The zero-order valence-corrected chi connectivity index (χ0v) is 15.3. The summed E-state index contributed by atoms with van der Waals surface area (Å²) in [6.45, 7) is 2.14. The van der Waals surface area contributed by atoms with Crippen LogP contribution in [0.15, 0.2) is 37.7 Å². The molecule has 4 heterocycles. The van der Waals surface area contributed by atoms with Crippen LogP contribution in [0.2, 0.25) is 0 Å². The van der Waals surface area contributed by atoms with Crippen LogP contribution in [-0.2, 0) is 13.6 Å². The van der Waals surface area contributed by atoms with Gasteiger partial charge in [0, 0.05) is 7.05 Å². The first kappa shape index (κ1) is 15.3. The SMILES string of the molecule is Cc1oc(-c2cccs2)nc1Cn1cnc2c(c(Br)nn2C)c1=O. The van der Waals surface area contributed by atoms with E-state index < -0.39 is 0 Å². The lowest BCUT2D eigenvalue weighted by Gasteiger charge is -2.03. The van der Waals surface area contributed by atoms with Crippen molar-refractivity contribution in [3.63, 3.8) is 0 Å². The van der Waals surface area contributed by atoms with Crippen LogP contribution in [0.4, 0.5) is 0 Å². The van der Waals surface area contributed by atoms with E-state index in [9.17, 15) is 4.79 Å². The van der Waals surface area contributed by atoms with E-state index in [1.165, 1.54) is 10.9 Å². The van der Waals surface area contributed by atoms with E-state index in [1.54, 1.807) is 23.1 Å². The standard InChI is InChI=1S/C15H12BrN5O2S/c1-8-9(18-14(23-8)10-4-3-5-24-10)6-21-7-17-13-11(15(21)22)12(16)19-20(13)2/h3-5,7H,6H2,1-2H3. The van der Waals surface area contributed by atoms with Crippen molar-refractivity contribution in [3.05, 3.63) is 50.3 Å². The van der Waals surface area contributed by atoms with Gasteiger partial charge in [0.2, 0.25) is 5.89 Å². The molecule has 0 radical (unpaired) electrons. The first-order valence-electron chi connectivity index (χ1n) is 7.12. The predicted octanol–water partition coefficient (Wildman–Crippen LogP) is 2.97. The molecule has 4 rings (SSSR count). The number of oxazole rings is 1. The van der Waals surface area contributed by atoms with Crippen molar-refractivity contribution in [1.82, 2.24) is 24.3 Å². The maximum absolute atomic E-state index is 12.7. The Morgan fingerprint density at radius 1 is 1.42 bits per heavy atom. The number of nitrogens with zero attached hydrogens (tertiary/aromatic N) is 5. The molecular weight excluding hydrogens is 394 g/mol. The van der Waals surface area contributed by atoms with E-state index in [1.807, 2.05) is 24.4 Å². The number of rotatable bonds is 3. The zero-order valence-electron chi connectivity index (χ0n) is 12.9. The second-order valence-corrected chi connectivity index (χ2v) is 6.99. The lowest BCUT2D eigenvalue weighted by molar-refractivity contribution is 0.538. The zero-order chi connectivity index (χ0) is 16.8. The Labute approximate surface area is 148 Å². The van der Waals surface area contributed by atoms with Gasteiger partial charge in [-0.25, -0.2) is 14.6 Å². The van der Waals surface area contributed by atoms with Crippen molar-refractivity contribution in [2.45, 2.75) is 13.5 Å². The monoisotopic (exact) mass is 405 g/mol. The third kappa shape index (κ3) is 2.40. The van der Waals surface area contributed by atoms with E-state index in [0.717, 1.165) is 4.88 Å². The van der Waals surface area contributed by atoms with E-state index in [4.69, 9.17) is 4.42 Å². The highest BCUT2D eigenvalue weighted by molar-refractivity contribution is 9.10. The molecule has 24 heavy (non-hydrogen) atoms. The molecule has 4 aromatic rings. The van der Waals surface area contributed by atoms with Crippen LogP contribution in [0.1, 0.15) is 11.5 Å². The van der Waals surface area contributed by atoms with Crippen LogP contribution < -0.4 is 5.56 Å². The van der Waals surface area contributed by atoms with Gasteiger partial charge in [0.15, 0.2) is 5.65 Å². The largest absolute Gasteiger partial charge is 0.440 e. The summed E-state index contributed by atoms with van der Waals surface area (Å²) >= 11 is 4.87. The molecule has 0 fully saturated rings. The summed E-state index contributed by atoms with van der Waals surface area (Å²) in [7, 11) is 1.75. The molecule has 0 N–H and O–H groups in total. The van der Waals surface area contributed by atoms with Crippen LogP contribution in [-0.4, -0.2) is 24.3 Å². The van der Waals surface area contributed by atoms with Gasteiger partial charge in [-0.05, 0) is 34.3 Å².